The van der Waals surface area contributed by atoms with Crippen molar-refractivity contribution >= 4 is 25.6 Å². The van der Waals surface area contributed by atoms with E-state index in [4.69, 9.17) is 15.4 Å². The van der Waals surface area contributed by atoms with E-state index in [-0.39, 0.29) is 16.5 Å². The fourth-order valence-corrected chi connectivity index (χ4v) is 2.14. The number of hydrogen-bond donors (Lipinski definition) is 1. The zero-order valence-electron chi connectivity index (χ0n) is 10.1. The van der Waals surface area contributed by atoms with Gasteiger partial charge in [-0.2, -0.15) is 0 Å². The first kappa shape index (κ1) is 15.0. The van der Waals surface area contributed by atoms with Crippen LogP contribution in [0.1, 0.15) is 17.4 Å². The van der Waals surface area contributed by atoms with Crippen LogP contribution in [0.15, 0.2) is 17.2 Å². The molecule has 0 saturated carbocycles. The van der Waals surface area contributed by atoms with Crippen LogP contribution >= 0.6 is 10.7 Å². The number of carbonyl (C=O) groups excluding carboxylic acids is 1. The monoisotopic (exact) mass is 294 g/mol. The molecule has 0 spiro atoms. The average molecular weight is 295 g/mol. The van der Waals surface area contributed by atoms with E-state index >= 15 is 0 Å². The number of H-pyrrole nitrogens is 1. The Labute approximate surface area is 110 Å². The Kier molecular flexibility index (Phi) is 5.18. The van der Waals surface area contributed by atoms with Gasteiger partial charge < -0.3 is 14.6 Å². The second-order valence-corrected chi connectivity index (χ2v) is 6.13. The first-order valence-electron chi connectivity index (χ1n) is 5.31. The Morgan fingerprint density at radius 1 is 1.56 bits per heavy atom. The molecule has 18 heavy (non-hydrogen) atoms. The van der Waals surface area contributed by atoms with Gasteiger partial charge in [-0.05, 0) is 13.0 Å². The quantitative estimate of drug-likeness (QED) is 0.795. The molecule has 1 heterocycles. The van der Waals surface area contributed by atoms with Gasteiger partial charge in [0.25, 0.3) is 15.0 Å². The molecule has 1 aromatic heterocycles. The van der Waals surface area contributed by atoms with Crippen molar-refractivity contribution in [2.24, 2.45) is 0 Å². The highest BCUT2D eigenvalue weighted by Crippen LogP contribution is 2.16. The number of hydrogen-bond acceptors (Lipinski definition) is 4. The third-order valence-corrected chi connectivity index (χ3v) is 3.74. The van der Waals surface area contributed by atoms with Crippen molar-refractivity contribution in [2.45, 2.75) is 11.8 Å². The maximum absolute atomic E-state index is 12.0. The van der Waals surface area contributed by atoms with Crippen molar-refractivity contribution in [3.63, 3.8) is 0 Å². The molecule has 0 aliphatic carbocycles. The van der Waals surface area contributed by atoms with Crippen molar-refractivity contribution < 1.29 is 17.9 Å². The number of likely N-dealkylation sites (N-methyl/N-ethyl adjacent to an activating group) is 1. The number of aromatic amines is 1. The van der Waals surface area contributed by atoms with Crippen LogP contribution in [-0.2, 0) is 13.8 Å². The Morgan fingerprint density at radius 2 is 2.22 bits per heavy atom. The molecule has 1 aromatic rings. The molecule has 8 heteroatoms. The molecule has 0 fully saturated rings. The van der Waals surface area contributed by atoms with E-state index < -0.39 is 9.05 Å². The summed E-state index contributed by atoms with van der Waals surface area (Å²) < 4.78 is 27.1. The fourth-order valence-electron chi connectivity index (χ4n) is 1.41. The molecule has 1 amide bonds. The molecule has 0 unspecified atom stereocenters. The van der Waals surface area contributed by atoms with E-state index in [1.807, 2.05) is 6.92 Å². The van der Waals surface area contributed by atoms with E-state index in [9.17, 15) is 13.2 Å². The second kappa shape index (κ2) is 6.21. The van der Waals surface area contributed by atoms with Gasteiger partial charge in [-0.15, -0.1) is 0 Å². The average Bonchev–Trinajstić information content (AvgIpc) is 2.78. The third kappa shape index (κ3) is 3.72. The molecule has 0 aliphatic rings. The van der Waals surface area contributed by atoms with Crippen LogP contribution in [-0.4, -0.2) is 51.0 Å². The van der Waals surface area contributed by atoms with Crippen molar-refractivity contribution in [3.8, 4) is 0 Å². The van der Waals surface area contributed by atoms with Crippen LogP contribution in [0.4, 0.5) is 0 Å². The number of halogens is 1. The Hall–Kier alpha value is -1.05. The molecule has 0 bridgehead atoms. The summed E-state index contributed by atoms with van der Waals surface area (Å²) in [6, 6.07) is 1.22. The standard InChI is InChI=1S/C10H15ClN2O4S/c1-3-13(4-5-17-2)10(14)9-6-8(7-12-9)18(11,15)16/h6-7,12H,3-5H2,1-2H3. The summed E-state index contributed by atoms with van der Waals surface area (Å²) in [5, 5.41) is 0. The van der Waals surface area contributed by atoms with Gasteiger partial charge in [0.05, 0.1) is 6.61 Å². The first-order chi connectivity index (χ1) is 8.40. The van der Waals surface area contributed by atoms with E-state index in [1.165, 1.54) is 12.3 Å². The number of amides is 1. The van der Waals surface area contributed by atoms with Gasteiger partial charge in [-0.3, -0.25) is 4.79 Å². The SMILES string of the molecule is CCN(CCOC)C(=O)c1cc(S(=O)(=O)Cl)c[nH]1. The fraction of sp³-hybridized carbons (Fsp3) is 0.500. The molecule has 102 valence electrons. The van der Waals surface area contributed by atoms with Gasteiger partial charge in [-0.25, -0.2) is 8.42 Å². The van der Waals surface area contributed by atoms with Gasteiger partial charge in [0.1, 0.15) is 10.6 Å². The van der Waals surface area contributed by atoms with E-state index in [1.54, 1.807) is 12.0 Å². The van der Waals surface area contributed by atoms with Crippen LogP contribution in [0, 0.1) is 0 Å². The highest BCUT2D eigenvalue weighted by atomic mass is 35.7. The summed E-state index contributed by atoms with van der Waals surface area (Å²) in [5.74, 6) is -0.291. The molecule has 0 aliphatic heterocycles. The molecular formula is C10H15ClN2O4S. The lowest BCUT2D eigenvalue weighted by Crippen LogP contribution is -2.33. The number of methoxy groups -OCH3 is 1. The second-order valence-electron chi connectivity index (χ2n) is 3.56. The topological polar surface area (TPSA) is 79.5 Å². The summed E-state index contributed by atoms with van der Waals surface area (Å²) in [6.07, 6.45) is 1.19. The molecular weight excluding hydrogens is 280 g/mol. The number of aromatic nitrogens is 1. The molecule has 0 saturated heterocycles. The summed E-state index contributed by atoms with van der Waals surface area (Å²) >= 11 is 0. The third-order valence-electron chi connectivity index (χ3n) is 2.40. The smallest absolute Gasteiger partial charge is 0.270 e. The minimum Gasteiger partial charge on any atom is -0.383 e. The predicted molar refractivity (Wildman–Crippen MR) is 67.3 cm³/mol. The Bertz CT molecular complexity index is 512. The molecule has 0 atom stereocenters. The van der Waals surface area contributed by atoms with Crippen LogP contribution in [0.5, 0.6) is 0 Å². The number of nitrogens with one attached hydrogen (secondary N) is 1. The number of carbonyl (C=O) groups is 1. The zero-order chi connectivity index (χ0) is 13.8. The van der Waals surface area contributed by atoms with Crippen molar-refractivity contribution in [1.29, 1.82) is 0 Å². The van der Waals surface area contributed by atoms with Crippen molar-refractivity contribution in [1.82, 2.24) is 9.88 Å². The van der Waals surface area contributed by atoms with E-state index in [0.717, 1.165) is 0 Å². The van der Waals surface area contributed by atoms with Crippen LogP contribution in [0.25, 0.3) is 0 Å². The number of rotatable bonds is 6. The largest absolute Gasteiger partial charge is 0.383 e. The van der Waals surface area contributed by atoms with Gasteiger partial charge >= 0.3 is 0 Å². The van der Waals surface area contributed by atoms with Crippen LogP contribution in [0.3, 0.4) is 0 Å². The lowest BCUT2D eigenvalue weighted by atomic mass is 10.3. The summed E-state index contributed by atoms with van der Waals surface area (Å²) in [7, 11) is 2.91. The van der Waals surface area contributed by atoms with E-state index in [0.29, 0.717) is 19.7 Å². The highest BCUT2D eigenvalue weighted by molar-refractivity contribution is 8.13. The Balaban J connectivity index is 2.86. The van der Waals surface area contributed by atoms with Gasteiger partial charge in [0, 0.05) is 37.1 Å². The summed E-state index contributed by atoms with van der Waals surface area (Å²) in [4.78, 5) is 16.1. The minimum atomic E-state index is -3.82. The molecule has 1 rings (SSSR count). The van der Waals surface area contributed by atoms with Crippen LogP contribution in [0.2, 0.25) is 0 Å². The molecule has 0 radical (unpaired) electrons. The minimum absolute atomic E-state index is 0.115. The van der Waals surface area contributed by atoms with Gasteiger partial charge in [0.15, 0.2) is 0 Å². The van der Waals surface area contributed by atoms with E-state index in [2.05, 4.69) is 4.98 Å². The normalized spacial score (nSPS) is 11.5. The molecule has 1 N–H and O–H groups in total. The van der Waals surface area contributed by atoms with Crippen molar-refractivity contribution in [3.05, 3.63) is 18.0 Å². The first-order valence-corrected chi connectivity index (χ1v) is 7.62. The highest BCUT2D eigenvalue weighted by Gasteiger charge is 2.19. The predicted octanol–water partition coefficient (Wildman–Crippen LogP) is 1.05. The molecule has 0 aromatic carbocycles. The molecule has 6 nitrogen and oxygen atoms in total. The Morgan fingerprint density at radius 3 is 2.67 bits per heavy atom. The lowest BCUT2D eigenvalue weighted by molar-refractivity contribution is 0.0701. The number of nitrogens with zero attached hydrogens (tertiary/aromatic N) is 1. The summed E-state index contributed by atoms with van der Waals surface area (Å²) in [6.45, 7) is 3.19. The van der Waals surface area contributed by atoms with Gasteiger partial charge in [0.2, 0.25) is 0 Å². The maximum atomic E-state index is 12.0. The summed E-state index contributed by atoms with van der Waals surface area (Å²) in [5.41, 5.74) is 0.187. The maximum Gasteiger partial charge on any atom is 0.270 e. The zero-order valence-corrected chi connectivity index (χ0v) is 11.7. The van der Waals surface area contributed by atoms with Gasteiger partial charge in [-0.1, -0.05) is 0 Å². The lowest BCUT2D eigenvalue weighted by Gasteiger charge is -2.19. The number of ether oxygens (including phenoxy) is 1. The van der Waals surface area contributed by atoms with Crippen molar-refractivity contribution in [2.75, 3.05) is 26.8 Å². The van der Waals surface area contributed by atoms with Crippen LogP contribution < -0.4 is 0 Å².